The van der Waals surface area contributed by atoms with Crippen molar-refractivity contribution < 1.29 is 13.6 Å². The second-order valence-corrected chi connectivity index (χ2v) is 4.54. The summed E-state index contributed by atoms with van der Waals surface area (Å²) < 4.78 is 10.6. The molecular weight excluding hydrogens is 256 g/mol. The highest BCUT2D eigenvalue weighted by atomic mass is 16.3. The topological polar surface area (TPSA) is 68.3 Å². The lowest BCUT2D eigenvalue weighted by atomic mass is 10.2. The molecule has 0 atom stereocenters. The van der Waals surface area contributed by atoms with Gasteiger partial charge in [-0.15, -0.1) is 0 Å². The van der Waals surface area contributed by atoms with Crippen LogP contribution in [0.3, 0.4) is 0 Å². The minimum absolute atomic E-state index is 0.0547. The van der Waals surface area contributed by atoms with Gasteiger partial charge in [-0.3, -0.25) is 4.79 Å². The van der Waals surface area contributed by atoms with Crippen molar-refractivity contribution in [3.8, 4) is 0 Å². The van der Waals surface area contributed by atoms with Gasteiger partial charge in [0.05, 0.1) is 6.26 Å². The van der Waals surface area contributed by atoms with Crippen LogP contribution in [0.1, 0.15) is 18.1 Å². The third-order valence-electron chi connectivity index (χ3n) is 2.96. The number of rotatable bonds is 4. The molecule has 0 saturated heterocycles. The van der Waals surface area contributed by atoms with E-state index in [-0.39, 0.29) is 5.91 Å². The Kier molecular flexibility index (Phi) is 3.25. The number of hydrogen-bond acceptors (Lipinski definition) is 4. The lowest BCUT2D eigenvalue weighted by Crippen LogP contribution is -2.12. The summed E-state index contributed by atoms with van der Waals surface area (Å²) in [6, 6.07) is 9.08. The molecule has 1 amide bonds. The summed E-state index contributed by atoms with van der Waals surface area (Å²) in [6.07, 6.45) is 2.57. The molecule has 0 aliphatic rings. The van der Waals surface area contributed by atoms with Crippen molar-refractivity contribution in [3.63, 3.8) is 0 Å². The second kappa shape index (κ2) is 5.21. The van der Waals surface area contributed by atoms with Crippen LogP contribution >= 0.6 is 0 Å². The van der Waals surface area contributed by atoms with E-state index in [0.717, 1.165) is 22.5 Å². The molecule has 0 unspecified atom stereocenters. The molecule has 3 aromatic rings. The van der Waals surface area contributed by atoms with Gasteiger partial charge in [-0.05, 0) is 30.3 Å². The number of hydrogen-bond donors (Lipinski definition) is 1. The Bertz CT molecular complexity index is 729. The van der Waals surface area contributed by atoms with Crippen molar-refractivity contribution in [2.75, 3.05) is 5.32 Å². The molecular formula is C15H14N2O3. The number of aryl methyl sites for hydroxylation is 2. The molecule has 2 aromatic heterocycles. The molecule has 1 N–H and O–H groups in total. The van der Waals surface area contributed by atoms with E-state index < -0.39 is 0 Å². The predicted molar refractivity (Wildman–Crippen MR) is 74.4 cm³/mol. The maximum atomic E-state index is 11.9. The van der Waals surface area contributed by atoms with E-state index in [2.05, 4.69) is 10.3 Å². The Morgan fingerprint density at radius 1 is 1.35 bits per heavy atom. The molecule has 0 aliphatic heterocycles. The van der Waals surface area contributed by atoms with Crippen LogP contribution in [-0.4, -0.2) is 10.9 Å². The van der Waals surface area contributed by atoms with Crippen LogP contribution < -0.4 is 5.32 Å². The molecule has 3 rings (SSSR count). The van der Waals surface area contributed by atoms with Crippen LogP contribution in [0.5, 0.6) is 0 Å². The van der Waals surface area contributed by atoms with Gasteiger partial charge in [0.15, 0.2) is 11.5 Å². The van der Waals surface area contributed by atoms with Crippen LogP contribution in [0.2, 0.25) is 0 Å². The van der Waals surface area contributed by atoms with Gasteiger partial charge >= 0.3 is 0 Å². The van der Waals surface area contributed by atoms with E-state index in [9.17, 15) is 4.79 Å². The first kappa shape index (κ1) is 12.5. The molecule has 0 spiro atoms. The Labute approximate surface area is 115 Å². The molecule has 0 aliphatic carbocycles. The fourth-order valence-corrected chi connectivity index (χ4v) is 2.04. The summed E-state index contributed by atoms with van der Waals surface area (Å²) >= 11 is 0. The fraction of sp³-hybridized carbons (Fsp3) is 0.200. The summed E-state index contributed by atoms with van der Waals surface area (Å²) in [7, 11) is 0. The van der Waals surface area contributed by atoms with Crippen molar-refractivity contribution in [1.29, 1.82) is 0 Å². The van der Waals surface area contributed by atoms with Crippen molar-refractivity contribution in [2.45, 2.75) is 19.8 Å². The van der Waals surface area contributed by atoms with Gasteiger partial charge in [0.1, 0.15) is 11.3 Å². The van der Waals surface area contributed by atoms with Gasteiger partial charge in [0.2, 0.25) is 5.91 Å². The first-order chi connectivity index (χ1) is 9.70. The van der Waals surface area contributed by atoms with Gasteiger partial charge < -0.3 is 14.2 Å². The third kappa shape index (κ3) is 2.71. The Morgan fingerprint density at radius 2 is 2.25 bits per heavy atom. The first-order valence-corrected chi connectivity index (χ1v) is 6.40. The number of benzene rings is 1. The van der Waals surface area contributed by atoms with Crippen LogP contribution in [0.4, 0.5) is 5.69 Å². The second-order valence-electron chi connectivity index (χ2n) is 4.54. The van der Waals surface area contributed by atoms with E-state index in [4.69, 9.17) is 8.83 Å². The quantitative estimate of drug-likeness (QED) is 0.789. The van der Waals surface area contributed by atoms with Gasteiger partial charge in [-0.1, -0.05) is 0 Å². The van der Waals surface area contributed by atoms with Gasteiger partial charge in [0, 0.05) is 25.5 Å². The van der Waals surface area contributed by atoms with Crippen LogP contribution in [0.25, 0.3) is 11.1 Å². The molecule has 102 valence electrons. The zero-order valence-corrected chi connectivity index (χ0v) is 11.1. The monoisotopic (exact) mass is 270 g/mol. The van der Waals surface area contributed by atoms with E-state index in [1.165, 1.54) is 0 Å². The van der Waals surface area contributed by atoms with E-state index in [1.807, 2.05) is 12.1 Å². The number of furan rings is 1. The smallest absolute Gasteiger partial charge is 0.224 e. The number of fused-ring (bicyclic) bond motifs is 1. The molecule has 1 aromatic carbocycles. The number of carbonyl (C=O) groups excluding carboxylic acids is 1. The lowest BCUT2D eigenvalue weighted by Gasteiger charge is -2.03. The highest BCUT2D eigenvalue weighted by molar-refractivity contribution is 5.92. The molecule has 5 heteroatoms. The molecule has 0 bridgehead atoms. The van der Waals surface area contributed by atoms with E-state index in [0.29, 0.717) is 18.7 Å². The zero-order valence-electron chi connectivity index (χ0n) is 11.1. The van der Waals surface area contributed by atoms with Gasteiger partial charge in [0.25, 0.3) is 0 Å². The lowest BCUT2D eigenvalue weighted by molar-refractivity contribution is -0.116. The number of oxazole rings is 1. The van der Waals surface area contributed by atoms with E-state index >= 15 is 0 Å². The largest absolute Gasteiger partial charge is 0.469 e. The highest BCUT2D eigenvalue weighted by Gasteiger charge is 2.07. The van der Waals surface area contributed by atoms with E-state index in [1.54, 1.807) is 31.4 Å². The van der Waals surface area contributed by atoms with Crippen LogP contribution in [0, 0.1) is 6.92 Å². The fourth-order valence-electron chi connectivity index (χ4n) is 2.04. The Morgan fingerprint density at radius 3 is 3.05 bits per heavy atom. The Hall–Kier alpha value is -2.56. The molecule has 0 fully saturated rings. The number of nitrogens with zero attached hydrogens (tertiary/aromatic N) is 1. The normalized spacial score (nSPS) is 10.8. The summed E-state index contributed by atoms with van der Waals surface area (Å²) in [5, 5.41) is 2.84. The predicted octanol–water partition coefficient (Wildman–Crippen LogP) is 3.30. The van der Waals surface area contributed by atoms with Crippen molar-refractivity contribution >= 4 is 22.7 Å². The third-order valence-corrected chi connectivity index (χ3v) is 2.96. The standard InChI is InChI=1S/C15H14N2O3/c1-10-16-13-9-11(4-6-14(13)20-10)17-15(18)7-5-12-3-2-8-19-12/h2-4,6,8-9H,5,7H2,1H3,(H,17,18). The van der Waals surface area contributed by atoms with Crippen LogP contribution in [0.15, 0.2) is 45.4 Å². The van der Waals surface area contributed by atoms with Gasteiger partial charge in [-0.2, -0.15) is 0 Å². The number of aromatic nitrogens is 1. The van der Waals surface area contributed by atoms with Crippen molar-refractivity contribution in [3.05, 3.63) is 48.2 Å². The SMILES string of the molecule is Cc1nc2cc(NC(=O)CCc3ccco3)ccc2o1. The zero-order chi connectivity index (χ0) is 13.9. The maximum Gasteiger partial charge on any atom is 0.224 e. The minimum atomic E-state index is -0.0547. The maximum absolute atomic E-state index is 11.9. The highest BCUT2D eigenvalue weighted by Crippen LogP contribution is 2.19. The first-order valence-electron chi connectivity index (χ1n) is 6.40. The minimum Gasteiger partial charge on any atom is -0.469 e. The van der Waals surface area contributed by atoms with Crippen molar-refractivity contribution in [1.82, 2.24) is 4.98 Å². The number of carbonyl (C=O) groups is 1. The summed E-state index contributed by atoms with van der Waals surface area (Å²) in [5.41, 5.74) is 2.18. The molecule has 20 heavy (non-hydrogen) atoms. The average molecular weight is 270 g/mol. The average Bonchev–Trinajstić information content (AvgIpc) is 3.04. The summed E-state index contributed by atoms with van der Waals surface area (Å²) in [5.74, 6) is 1.37. The van der Waals surface area contributed by atoms with Crippen molar-refractivity contribution in [2.24, 2.45) is 0 Å². The number of anilines is 1. The molecule has 0 radical (unpaired) electrons. The Balaban J connectivity index is 1.64. The molecule has 0 saturated carbocycles. The summed E-state index contributed by atoms with van der Waals surface area (Å²) in [6.45, 7) is 1.79. The molecule has 5 nitrogen and oxygen atoms in total. The molecule has 2 heterocycles. The van der Waals surface area contributed by atoms with Crippen LogP contribution in [-0.2, 0) is 11.2 Å². The van der Waals surface area contributed by atoms with Gasteiger partial charge in [-0.25, -0.2) is 4.98 Å². The number of amides is 1. The summed E-state index contributed by atoms with van der Waals surface area (Å²) in [4.78, 5) is 16.1. The number of nitrogens with one attached hydrogen (secondary N) is 1.